The Balaban J connectivity index is 0.00000441. The molecule has 3 nitrogen and oxygen atoms in total. The van der Waals surface area contributed by atoms with Crippen molar-refractivity contribution in [3.63, 3.8) is 0 Å². The van der Waals surface area contributed by atoms with Crippen LogP contribution in [-0.2, 0) is 4.79 Å². The molecule has 1 amide bonds. The minimum Gasteiger partial charge on any atom is -0.350 e. The molecule has 1 aliphatic rings. The molecule has 1 N–H and O–H groups in total. The van der Waals surface area contributed by atoms with Gasteiger partial charge in [0.2, 0.25) is 5.91 Å². The summed E-state index contributed by atoms with van der Waals surface area (Å²) < 4.78 is 0. The van der Waals surface area contributed by atoms with Crippen molar-refractivity contribution in [1.82, 2.24) is 10.2 Å². The molecule has 1 rings (SSSR count). The average molecular weight is 333 g/mol. The Morgan fingerprint density at radius 3 is 2.23 bits per heavy atom. The lowest BCUT2D eigenvalue weighted by Crippen LogP contribution is -2.48. The number of rotatable bonds is 10. The summed E-state index contributed by atoms with van der Waals surface area (Å²) in [6.07, 6.45) is 12.8. The molecule has 1 aliphatic heterocycles. The zero-order chi connectivity index (χ0) is 15.6. The molecule has 1 fully saturated rings. The molecule has 0 saturated carbocycles. The normalized spacial score (nSPS) is 16.1. The van der Waals surface area contributed by atoms with E-state index in [4.69, 9.17) is 0 Å². The van der Waals surface area contributed by atoms with Crippen molar-refractivity contribution in [2.45, 2.75) is 90.5 Å². The molecular weight excluding hydrogens is 296 g/mol. The van der Waals surface area contributed by atoms with Crippen LogP contribution in [0, 0.1) is 0 Å². The minimum atomic E-state index is -0.0579. The lowest BCUT2D eigenvalue weighted by atomic mass is 9.96. The Morgan fingerprint density at radius 1 is 1.00 bits per heavy atom. The highest BCUT2D eigenvalue weighted by Crippen LogP contribution is 2.16. The van der Waals surface area contributed by atoms with Crippen molar-refractivity contribution >= 4 is 18.3 Å². The van der Waals surface area contributed by atoms with E-state index in [9.17, 15) is 4.79 Å². The van der Waals surface area contributed by atoms with Crippen LogP contribution < -0.4 is 5.32 Å². The molecular formula is C18H37ClN2O. The molecule has 0 radical (unpaired) electrons. The largest absolute Gasteiger partial charge is 0.350 e. The highest BCUT2D eigenvalue weighted by atomic mass is 35.5. The maximum atomic E-state index is 12.1. The van der Waals surface area contributed by atoms with Crippen molar-refractivity contribution < 1.29 is 4.79 Å². The third-order valence-electron chi connectivity index (χ3n) is 4.45. The second-order valence-electron chi connectivity index (χ2n) is 7.29. The number of piperidine rings is 1. The van der Waals surface area contributed by atoms with Crippen molar-refractivity contribution in [3.05, 3.63) is 0 Å². The zero-order valence-electron chi connectivity index (χ0n) is 15.0. The molecule has 4 heteroatoms. The SMILES string of the molecule is CCCCCCCCC(C)(C)NC(=O)CN1CCCCC1.Cl. The summed E-state index contributed by atoms with van der Waals surface area (Å²) >= 11 is 0. The number of carbonyl (C=O) groups is 1. The van der Waals surface area contributed by atoms with Crippen LogP contribution in [0.5, 0.6) is 0 Å². The van der Waals surface area contributed by atoms with E-state index in [1.54, 1.807) is 0 Å². The van der Waals surface area contributed by atoms with E-state index in [1.165, 1.54) is 57.8 Å². The fourth-order valence-electron chi connectivity index (χ4n) is 3.15. The predicted molar refractivity (Wildman–Crippen MR) is 97.8 cm³/mol. The first-order valence-corrected chi connectivity index (χ1v) is 9.07. The molecule has 0 unspecified atom stereocenters. The summed E-state index contributed by atoms with van der Waals surface area (Å²) in [7, 11) is 0. The van der Waals surface area contributed by atoms with Crippen LogP contribution in [-0.4, -0.2) is 36.0 Å². The summed E-state index contributed by atoms with van der Waals surface area (Å²) in [5, 5.41) is 3.23. The van der Waals surface area contributed by atoms with E-state index in [-0.39, 0.29) is 23.9 Å². The van der Waals surface area contributed by atoms with Gasteiger partial charge in [0.15, 0.2) is 0 Å². The Morgan fingerprint density at radius 2 is 1.59 bits per heavy atom. The van der Waals surface area contributed by atoms with Gasteiger partial charge in [-0.25, -0.2) is 0 Å². The van der Waals surface area contributed by atoms with Crippen LogP contribution in [0.2, 0.25) is 0 Å². The van der Waals surface area contributed by atoms with E-state index in [0.29, 0.717) is 6.54 Å². The van der Waals surface area contributed by atoms with Gasteiger partial charge in [-0.15, -0.1) is 12.4 Å². The third-order valence-corrected chi connectivity index (χ3v) is 4.45. The Kier molecular flexibility index (Phi) is 12.0. The molecule has 1 saturated heterocycles. The number of unbranched alkanes of at least 4 members (excludes halogenated alkanes) is 5. The average Bonchev–Trinajstić information content (AvgIpc) is 2.43. The second kappa shape index (κ2) is 12.2. The van der Waals surface area contributed by atoms with Gasteiger partial charge in [0.05, 0.1) is 6.54 Å². The molecule has 0 aliphatic carbocycles. The summed E-state index contributed by atoms with van der Waals surface area (Å²) in [4.78, 5) is 14.4. The van der Waals surface area contributed by atoms with Gasteiger partial charge in [0, 0.05) is 5.54 Å². The Labute approximate surface area is 144 Å². The van der Waals surface area contributed by atoms with E-state index >= 15 is 0 Å². The predicted octanol–water partition coefficient (Wildman–Crippen LogP) is 4.54. The standard InChI is InChI=1S/C18H36N2O.ClH/c1-4-5-6-7-8-10-13-18(2,3)19-17(21)16-20-14-11-9-12-15-20;/h4-16H2,1-3H3,(H,19,21);1H. The quantitative estimate of drug-likeness (QED) is 0.596. The maximum absolute atomic E-state index is 12.1. The first-order valence-electron chi connectivity index (χ1n) is 9.07. The first kappa shape index (κ1) is 21.7. The van der Waals surface area contributed by atoms with E-state index in [1.807, 2.05) is 0 Å². The third kappa shape index (κ3) is 10.4. The molecule has 0 aromatic heterocycles. The van der Waals surface area contributed by atoms with Gasteiger partial charge in [-0.05, 0) is 46.2 Å². The number of nitrogens with zero attached hydrogens (tertiary/aromatic N) is 1. The van der Waals surface area contributed by atoms with E-state index < -0.39 is 0 Å². The first-order chi connectivity index (χ1) is 10.0. The Bertz CT molecular complexity index is 289. The lowest BCUT2D eigenvalue weighted by molar-refractivity contribution is -0.124. The zero-order valence-corrected chi connectivity index (χ0v) is 15.8. The summed E-state index contributed by atoms with van der Waals surface area (Å²) in [6.45, 7) is 9.33. The highest BCUT2D eigenvalue weighted by molar-refractivity contribution is 5.85. The number of nitrogens with one attached hydrogen (secondary N) is 1. The van der Waals surface area contributed by atoms with Gasteiger partial charge < -0.3 is 5.32 Å². The van der Waals surface area contributed by atoms with Crippen LogP contribution in [0.25, 0.3) is 0 Å². The fourth-order valence-corrected chi connectivity index (χ4v) is 3.15. The van der Waals surface area contributed by atoms with Crippen LogP contribution in [0.15, 0.2) is 0 Å². The summed E-state index contributed by atoms with van der Waals surface area (Å²) in [5.41, 5.74) is -0.0579. The van der Waals surface area contributed by atoms with Gasteiger partial charge in [0.25, 0.3) is 0 Å². The molecule has 1 heterocycles. The summed E-state index contributed by atoms with van der Waals surface area (Å²) in [5.74, 6) is 0.202. The van der Waals surface area contributed by atoms with Crippen LogP contribution in [0.4, 0.5) is 0 Å². The molecule has 0 aromatic rings. The maximum Gasteiger partial charge on any atom is 0.234 e. The van der Waals surface area contributed by atoms with Gasteiger partial charge in [0.1, 0.15) is 0 Å². The molecule has 22 heavy (non-hydrogen) atoms. The van der Waals surface area contributed by atoms with Gasteiger partial charge in [-0.2, -0.15) is 0 Å². The van der Waals surface area contributed by atoms with E-state index in [0.717, 1.165) is 19.5 Å². The number of likely N-dealkylation sites (tertiary alicyclic amines) is 1. The fraction of sp³-hybridized carbons (Fsp3) is 0.944. The topological polar surface area (TPSA) is 32.3 Å². The van der Waals surface area contributed by atoms with Crippen LogP contribution >= 0.6 is 12.4 Å². The molecule has 0 aromatic carbocycles. The minimum absolute atomic E-state index is 0. The number of halogens is 1. The molecule has 0 spiro atoms. The summed E-state index contributed by atoms with van der Waals surface area (Å²) in [6, 6.07) is 0. The number of hydrogen-bond acceptors (Lipinski definition) is 2. The van der Waals surface area contributed by atoms with Crippen molar-refractivity contribution in [1.29, 1.82) is 0 Å². The van der Waals surface area contributed by atoms with Gasteiger partial charge in [-0.1, -0.05) is 51.9 Å². The lowest BCUT2D eigenvalue weighted by Gasteiger charge is -2.30. The van der Waals surface area contributed by atoms with Crippen molar-refractivity contribution in [3.8, 4) is 0 Å². The highest BCUT2D eigenvalue weighted by Gasteiger charge is 2.21. The van der Waals surface area contributed by atoms with Crippen molar-refractivity contribution in [2.24, 2.45) is 0 Å². The number of amides is 1. The van der Waals surface area contributed by atoms with Crippen LogP contribution in [0.3, 0.4) is 0 Å². The number of hydrogen-bond donors (Lipinski definition) is 1. The van der Waals surface area contributed by atoms with Crippen LogP contribution in [0.1, 0.15) is 85.0 Å². The Hall–Kier alpha value is -0.280. The molecule has 0 bridgehead atoms. The molecule has 132 valence electrons. The second-order valence-corrected chi connectivity index (χ2v) is 7.29. The monoisotopic (exact) mass is 332 g/mol. The smallest absolute Gasteiger partial charge is 0.234 e. The van der Waals surface area contributed by atoms with E-state index in [2.05, 4.69) is 31.0 Å². The van der Waals surface area contributed by atoms with Gasteiger partial charge >= 0.3 is 0 Å². The van der Waals surface area contributed by atoms with Crippen molar-refractivity contribution in [2.75, 3.05) is 19.6 Å². The molecule has 0 atom stereocenters. The van der Waals surface area contributed by atoms with Gasteiger partial charge in [-0.3, -0.25) is 9.69 Å². The number of carbonyl (C=O) groups excluding carboxylic acids is 1.